The average molecular weight is 625 g/mol. The number of methoxy groups -OCH3 is 1. The van der Waals surface area contributed by atoms with E-state index in [0.29, 0.717) is 20.2 Å². The van der Waals surface area contributed by atoms with Gasteiger partial charge in [-0.2, -0.15) is 74.6 Å². The fraction of sp³-hybridized carbons (Fsp3) is 0.714. The summed E-state index contributed by atoms with van der Waals surface area (Å²) < 4.78 is 234. The molecule has 234 valence electrons. The van der Waals surface area contributed by atoms with Crippen molar-refractivity contribution in [1.82, 2.24) is 0 Å². The van der Waals surface area contributed by atoms with Gasteiger partial charge >= 0.3 is 47.6 Å². The lowest BCUT2D eigenvalue weighted by Gasteiger charge is -2.43. The quantitative estimate of drug-likeness (QED) is 0.204. The Balaban J connectivity index is 3.59. The molecule has 19 heteroatoms. The van der Waals surface area contributed by atoms with Gasteiger partial charge in [0.05, 0.1) is 6.10 Å². The van der Waals surface area contributed by atoms with Crippen LogP contribution < -0.4 is 4.90 Å². The first-order valence-electron chi connectivity index (χ1n) is 10.7. The van der Waals surface area contributed by atoms with Gasteiger partial charge in [-0.3, -0.25) is 0 Å². The summed E-state index contributed by atoms with van der Waals surface area (Å²) in [5, 5.41) is 0. The van der Waals surface area contributed by atoms with Crippen molar-refractivity contribution in [2.75, 3.05) is 25.1 Å². The van der Waals surface area contributed by atoms with E-state index in [1.807, 2.05) is 0 Å². The van der Waals surface area contributed by atoms with Crippen molar-refractivity contribution in [1.29, 1.82) is 0 Å². The Bertz CT molecular complexity index is 1000. The molecular formula is C21H20F17NO. The minimum atomic E-state index is -8.65. The second-order valence-electron chi connectivity index (χ2n) is 8.34. The van der Waals surface area contributed by atoms with Crippen molar-refractivity contribution < 1.29 is 79.4 Å². The van der Waals surface area contributed by atoms with Gasteiger partial charge in [0.15, 0.2) is 0 Å². The van der Waals surface area contributed by atoms with Gasteiger partial charge in [-0.05, 0) is 31.5 Å². The minimum Gasteiger partial charge on any atom is -0.377 e. The van der Waals surface area contributed by atoms with E-state index in [0.717, 1.165) is 18.2 Å². The van der Waals surface area contributed by atoms with Gasteiger partial charge in [0.1, 0.15) is 0 Å². The Morgan fingerprint density at radius 3 is 1.40 bits per heavy atom. The van der Waals surface area contributed by atoms with Crippen molar-refractivity contribution >= 4 is 5.69 Å². The number of alkyl halides is 17. The first-order chi connectivity index (χ1) is 17.7. The molecule has 40 heavy (non-hydrogen) atoms. The number of nitrogens with zero attached hydrogens (tertiary/aromatic N) is 1. The number of anilines is 1. The third kappa shape index (κ3) is 5.37. The Morgan fingerprint density at radius 2 is 1.02 bits per heavy atom. The maximum Gasteiger partial charge on any atom is 0.460 e. The molecule has 0 N–H and O–H groups in total. The number of hydrogen-bond acceptors (Lipinski definition) is 2. The minimum absolute atomic E-state index is 0.240. The lowest BCUT2D eigenvalue weighted by molar-refractivity contribution is -0.462. The highest BCUT2D eigenvalue weighted by Gasteiger charge is 2.95. The molecule has 0 saturated carbocycles. The van der Waals surface area contributed by atoms with E-state index in [4.69, 9.17) is 0 Å². The molecule has 1 aromatic carbocycles. The summed E-state index contributed by atoms with van der Waals surface area (Å²) in [4.78, 5) is 1.57. The van der Waals surface area contributed by atoms with Crippen molar-refractivity contribution in [2.24, 2.45) is 0 Å². The molecule has 1 unspecified atom stereocenters. The van der Waals surface area contributed by atoms with Gasteiger partial charge in [0, 0.05) is 32.3 Å². The highest BCUT2D eigenvalue weighted by Crippen LogP contribution is 2.64. The first kappa shape index (κ1) is 35.8. The number of rotatable bonds is 13. The highest BCUT2D eigenvalue weighted by atomic mass is 19.4. The second kappa shape index (κ2) is 10.9. The second-order valence-corrected chi connectivity index (χ2v) is 8.34. The van der Waals surface area contributed by atoms with E-state index < -0.39 is 65.7 Å². The number of hydrogen-bond donors (Lipinski definition) is 0. The number of halogens is 17. The SMILES string of the molecule is CCN(CC)c1cccc(C(CC(F)(F)C(F)(F)C(F)(F)C(F)(F)C(F)(F)C(F)(F)C(F)(F)C(F)(F)F)OC)c1. The largest absolute Gasteiger partial charge is 0.460 e. The van der Waals surface area contributed by atoms with Crippen LogP contribution in [0.2, 0.25) is 0 Å². The van der Waals surface area contributed by atoms with Crippen LogP contribution in [0.5, 0.6) is 0 Å². The molecule has 0 aliphatic carbocycles. The zero-order chi connectivity index (χ0) is 32.0. The normalized spacial score (nSPS) is 15.8. The molecule has 2 nitrogen and oxygen atoms in total. The summed E-state index contributed by atoms with van der Waals surface area (Å²) in [7, 11) is 0.559. The van der Waals surface area contributed by atoms with Crippen LogP contribution in [0.25, 0.3) is 0 Å². The Morgan fingerprint density at radius 1 is 0.625 bits per heavy atom. The summed E-state index contributed by atoms with van der Waals surface area (Å²) in [6.45, 7) is 3.87. The maximum atomic E-state index is 14.4. The summed E-state index contributed by atoms with van der Waals surface area (Å²) in [5.74, 6) is -56.6. The molecule has 0 aliphatic rings. The molecule has 0 saturated heterocycles. The van der Waals surface area contributed by atoms with Gasteiger partial charge in [-0.1, -0.05) is 12.1 Å². The van der Waals surface area contributed by atoms with Crippen LogP contribution in [0.3, 0.4) is 0 Å². The summed E-state index contributed by atoms with van der Waals surface area (Å²) >= 11 is 0. The summed E-state index contributed by atoms with van der Waals surface area (Å²) in [5.41, 5.74) is -0.219. The van der Waals surface area contributed by atoms with Crippen LogP contribution in [0.15, 0.2) is 24.3 Å². The monoisotopic (exact) mass is 625 g/mol. The Kier molecular flexibility index (Phi) is 9.75. The van der Waals surface area contributed by atoms with E-state index >= 15 is 0 Å². The molecule has 0 heterocycles. The molecule has 0 amide bonds. The molecule has 1 atom stereocenters. The lowest BCUT2D eigenvalue weighted by Crippen LogP contribution is -2.74. The molecule has 1 rings (SSSR count). The topological polar surface area (TPSA) is 12.5 Å². The van der Waals surface area contributed by atoms with E-state index in [2.05, 4.69) is 4.74 Å². The molecule has 0 radical (unpaired) electrons. The van der Waals surface area contributed by atoms with Crippen LogP contribution in [0, 0.1) is 0 Å². The zero-order valence-electron chi connectivity index (χ0n) is 20.3. The van der Waals surface area contributed by atoms with Gasteiger partial charge in [-0.15, -0.1) is 0 Å². The van der Waals surface area contributed by atoms with Crippen LogP contribution in [0.1, 0.15) is 31.9 Å². The third-order valence-corrected chi connectivity index (χ3v) is 5.88. The van der Waals surface area contributed by atoms with Gasteiger partial charge in [0.25, 0.3) is 0 Å². The predicted molar refractivity (Wildman–Crippen MR) is 105 cm³/mol. The van der Waals surface area contributed by atoms with E-state index in [9.17, 15) is 74.6 Å². The molecule has 0 aromatic heterocycles. The van der Waals surface area contributed by atoms with Crippen molar-refractivity contribution in [3.8, 4) is 0 Å². The smallest absolute Gasteiger partial charge is 0.377 e. The van der Waals surface area contributed by atoms with Crippen LogP contribution in [-0.4, -0.2) is 67.8 Å². The molecule has 1 aromatic rings. The maximum absolute atomic E-state index is 14.4. The summed E-state index contributed by atoms with van der Waals surface area (Å²) in [6.07, 6.45) is -12.8. The number of benzene rings is 1. The van der Waals surface area contributed by atoms with E-state index in [1.54, 1.807) is 18.7 Å². The zero-order valence-corrected chi connectivity index (χ0v) is 20.3. The Hall–Kier alpha value is -2.21. The standard InChI is InChI=1S/C21H20F17NO/c1-4-39(5-2)12-8-6-7-11(9-12)13(40-3)10-14(22,23)15(24,25)16(26,27)17(28,29)18(30,31)19(32,33)20(34,35)21(36,37)38/h6-9,13H,4-5,10H2,1-3H3. The Labute approximate surface area is 215 Å². The van der Waals surface area contributed by atoms with Crippen LogP contribution >= 0.6 is 0 Å². The molecule has 0 spiro atoms. The van der Waals surface area contributed by atoms with Crippen molar-refractivity contribution in [2.45, 2.75) is 74.0 Å². The summed E-state index contributed by atoms with van der Waals surface area (Å²) in [6, 6.07) is 4.48. The molecule has 0 aliphatic heterocycles. The highest BCUT2D eigenvalue weighted by molar-refractivity contribution is 5.49. The van der Waals surface area contributed by atoms with Gasteiger partial charge < -0.3 is 9.64 Å². The van der Waals surface area contributed by atoms with Crippen molar-refractivity contribution in [3.63, 3.8) is 0 Å². The lowest BCUT2D eigenvalue weighted by atomic mass is 9.87. The fourth-order valence-electron chi connectivity index (χ4n) is 3.41. The molecular weight excluding hydrogens is 605 g/mol. The number of ether oxygens (including phenoxy) is 1. The molecule has 0 fully saturated rings. The van der Waals surface area contributed by atoms with Crippen LogP contribution in [0.4, 0.5) is 80.3 Å². The average Bonchev–Trinajstić information content (AvgIpc) is 2.82. The van der Waals surface area contributed by atoms with Crippen LogP contribution in [-0.2, 0) is 4.74 Å². The molecule has 0 bridgehead atoms. The predicted octanol–water partition coefficient (Wildman–Crippen LogP) is 8.62. The third-order valence-electron chi connectivity index (χ3n) is 5.88. The van der Waals surface area contributed by atoms with Crippen molar-refractivity contribution in [3.05, 3.63) is 29.8 Å². The van der Waals surface area contributed by atoms with E-state index in [1.165, 1.54) is 6.07 Å². The van der Waals surface area contributed by atoms with Gasteiger partial charge in [-0.25, -0.2) is 0 Å². The van der Waals surface area contributed by atoms with Gasteiger partial charge in [0.2, 0.25) is 0 Å². The van der Waals surface area contributed by atoms with E-state index in [-0.39, 0.29) is 5.69 Å². The first-order valence-corrected chi connectivity index (χ1v) is 10.7. The fourth-order valence-corrected chi connectivity index (χ4v) is 3.41.